The van der Waals surface area contributed by atoms with Crippen LogP contribution >= 0.6 is 0 Å². The summed E-state index contributed by atoms with van der Waals surface area (Å²) in [5.74, 6) is 0.983. The summed E-state index contributed by atoms with van der Waals surface area (Å²) in [4.78, 5) is 22.6. The van der Waals surface area contributed by atoms with Gasteiger partial charge >= 0.3 is 12.1 Å². The van der Waals surface area contributed by atoms with E-state index >= 15 is 0 Å². The molecule has 101 heavy (non-hydrogen) atoms. The van der Waals surface area contributed by atoms with Crippen LogP contribution in [0.25, 0.3) is 0 Å². The zero-order valence-corrected chi connectivity index (χ0v) is 74.4. The van der Waals surface area contributed by atoms with Crippen LogP contribution in [0.15, 0.2) is 42.7 Å². The first-order valence-corrected chi connectivity index (χ1v) is 40.4. The topological polar surface area (TPSA) is 164 Å². The lowest BCUT2D eigenvalue weighted by Crippen LogP contribution is -2.33. The number of unbranched alkanes of at least 4 members (excludes halogenated alkanes) is 4. The third kappa shape index (κ3) is 99.1. The summed E-state index contributed by atoms with van der Waals surface area (Å²) in [6.45, 7) is 76.1. The van der Waals surface area contributed by atoms with E-state index in [9.17, 15) is 9.59 Å². The molecular weight excluding hydrogens is 1250 g/mol. The van der Waals surface area contributed by atoms with Crippen molar-refractivity contribution in [3.05, 3.63) is 53.9 Å². The minimum atomic E-state index is -0.407. The number of alkyl carbamates (subject to hydrolysis) is 1. The van der Waals surface area contributed by atoms with Crippen LogP contribution in [0.3, 0.4) is 0 Å². The van der Waals surface area contributed by atoms with Crippen molar-refractivity contribution in [1.29, 1.82) is 0 Å². The number of nitrogens with two attached hydrogens (primary N) is 2. The maximum Gasteiger partial charge on any atom is 0.407 e. The molecule has 1 atom stereocenters. The van der Waals surface area contributed by atoms with Crippen molar-refractivity contribution in [2.75, 3.05) is 32.8 Å². The number of carbonyl (C=O) groups is 2. The highest BCUT2D eigenvalue weighted by Gasteiger charge is 2.23. The van der Waals surface area contributed by atoms with Gasteiger partial charge < -0.3 is 36.1 Å². The Morgan fingerprint density at radius 1 is 0.495 bits per heavy atom. The molecule has 2 heterocycles. The smallest absolute Gasteiger partial charge is 0.407 e. The quantitative estimate of drug-likeness (QED) is 0.0664. The lowest BCUT2D eigenvalue weighted by molar-refractivity contribution is -0.155. The molecule has 0 bridgehead atoms. The van der Waals surface area contributed by atoms with Gasteiger partial charge in [-0.3, -0.25) is 9.48 Å². The Balaban J connectivity index is -0.000000345. The number of aliphatic hydroxyl groups is 1. The van der Waals surface area contributed by atoms with E-state index < -0.39 is 5.60 Å². The van der Waals surface area contributed by atoms with Crippen molar-refractivity contribution >= 4 is 12.1 Å². The number of nitrogens with one attached hydrogen (secondary N) is 1. The standard InChI is InChI=1S/C13H27NO2.C13H26O2.C11H16.C10H18N2.C10H20O.C10H20.C8H19N.C8H18O.C7H17N/c1-12(2,3)9-7-8-10-14-11(15)16-13(4,5)6;1-12(2,3)10-8-7-9-11(14)15-13(4,5)6;1-11(2,3)9-10-7-5-4-6-8-10;1-10(2,3)6-5-9-7-11-12(4)8-9;1-10(2,3)7-6-9-5-4-8-11-9;1-10(2,3)8-9-6-4-5-7-9;2*1-8(2,3)6-4-5-7-9;1-7(2,3)5-4-6-8/h7-10H2,1-6H3,(H,14,15);7-10H2,1-6H3;4-8H,9H2,1-3H3;7-8H,5-6H2,1-4H3;9H,4-8H2,1-3H3;9H,4-8H2,1-3H3;4-7,9H2,1-3H3;9H,4-7H2,1-3H3;4-6,8H2,1-3H3. The fraction of sp³-hybridized carbons (Fsp3) is 0.878. The highest BCUT2D eigenvalue weighted by Crippen LogP contribution is 2.35. The molecule has 1 amide bonds. The van der Waals surface area contributed by atoms with Crippen molar-refractivity contribution in [3.8, 4) is 0 Å². The molecule has 4 rings (SSSR count). The molecule has 1 unspecified atom stereocenters. The minimum absolute atomic E-state index is 0.0728. The maximum absolute atomic E-state index is 11.4. The number of aryl methyl sites for hydroxylation is 2. The first kappa shape index (κ1) is 107. The molecule has 2 aromatic rings. The van der Waals surface area contributed by atoms with E-state index in [0.717, 1.165) is 89.8 Å². The van der Waals surface area contributed by atoms with Crippen molar-refractivity contribution in [3.63, 3.8) is 0 Å². The molecule has 1 saturated heterocycles. The first-order valence-electron chi connectivity index (χ1n) is 40.4. The molecule has 1 aliphatic carbocycles. The summed E-state index contributed by atoms with van der Waals surface area (Å²) in [5.41, 5.74) is 16.7. The largest absolute Gasteiger partial charge is 0.460 e. The molecule has 1 aromatic carbocycles. The van der Waals surface area contributed by atoms with Gasteiger partial charge in [-0.1, -0.05) is 269 Å². The van der Waals surface area contributed by atoms with Crippen LogP contribution in [0.5, 0.6) is 0 Å². The molecule has 11 heteroatoms. The molecular formula is C90H181N5O6. The van der Waals surface area contributed by atoms with Crippen molar-refractivity contribution < 1.29 is 28.9 Å². The number of nitrogens with zero attached hydrogens (tertiary/aromatic N) is 2. The number of benzene rings is 1. The molecule has 0 spiro atoms. The normalized spacial score (nSPS) is 14.6. The maximum atomic E-state index is 11.4. The molecule has 602 valence electrons. The minimum Gasteiger partial charge on any atom is -0.460 e. The Morgan fingerprint density at radius 3 is 1.28 bits per heavy atom. The van der Waals surface area contributed by atoms with Crippen LogP contribution < -0.4 is 16.8 Å². The van der Waals surface area contributed by atoms with E-state index in [1.165, 1.54) is 114 Å². The average Bonchev–Trinajstić information content (AvgIpc) is 1.87. The lowest BCUT2D eigenvalue weighted by Gasteiger charge is -2.22. The van der Waals surface area contributed by atoms with Gasteiger partial charge in [0, 0.05) is 39.4 Å². The van der Waals surface area contributed by atoms with Crippen molar-refractivity contribution in [2.24, 2.45) is 73.2 Å². The van der Waals surface area contributed by atoms with Gasteiger partial charge in [-0.05, 0) is 236 Å². The molecule has 6 N–H and O–H groups in total. The summed E-state index contributed by atoms with van der Waals surface area (Å²) in [6, 6.07) is 10.6. The predicted octanol–water partition coefficient (Wildman–Crippen LogP) is 26.1. The van der Waals surface area contributed by atoms with E-state index in [1.54, 1.807) is 0 Å². The molecule has 0 radical (unpaired) electrons. The summed E-state index contributed by atoms with van der Waals surface area (Å²) in [5, 5.41) is 15.4. The van der Waals surface area contributed by atoms with Crippen LogP contribution in [0.2, 0.25) is 0 Å². The molecule has 2 aliphatic rings. The number of rotatable bonds is 22. The number of hydrogen-bond acceptors (Lipinski definition) is 9. The predicted molar refractivity (Wildman–Crippen MR) is 446 cm³/mol. The number of amides is 1. The second kappa shape index (κ2) is 54.6. The monoisotopic (exact) mass is 1430 g/mol. The summed E-state index contributed by atoms with van der Waals surface area (Å²) in [7, 11) is 1.96. The zero-order chi connectivity index (χ0) is 79.7. The number of hydrogen-bond donors (Lipinski definition) is 4. The first-order chi connectivity index (χ1) is 45.6. The van der Waals surface area contributed by atoms with Crippen LogP contribution in [0.1, 0.15) is 400 Å². The van der Waals surface area contributed by atoms with Gasteiger partial charge in [-0.25, -0.2) is 4.79 Å². The molecule has 1 aliphatic heterocycles. The Kier molecular flexibility index (Phi) is 57.6. The Labute approximate surface area is 631 Å². The highest BCUT2D eigenvalue weighted by molar-refractivity contribution is 5.69. The van der Waals surface area contributed by atoms with Crippen LogP contribution in [0.4, 0.5) is 4.79 Å². The highest BCUT2D eigenvalue weighted by atomic mass is 16.6. The van der Waals surface area contributed by atoms with E-state index in [-0.39, 0.29) is 17.7 Å². The Bertz CT molecular complexity index is 2180. The fourth-order valence-electron chi connectivity index (χ4n) is 10.7. The van der Waals surface area contributed by atoms with Crippen LogP contribution in [0, 0.1) is 54.7 Å². The second-order valence-electron chi connectivity index (χ2n) is 42.3. The number of aliphatic hydroxyl groups excluding tert-OH is 1. The van der Waals surface area contributed by atoms with Gasteiger partial charge in [0.25, 0.3) is 0 Å². The average molecular weight is 1430 g/mol. The summed E-state index contributed by atoms with van der Waals surface area (Å²) < 4.78 is 17.8. The number of ether oxygens (including phenoxy) is 3. The summed E-state index contributed by atoms with van der Waals surface area (Å²) in [6.07, 6.45) is 36.9. The number of carbonyl (C=O) groups excluding carboxylic acids is 2. The third-order valence-electron chi connectivity index (χ3n) is 16.0. The fourth-order valence-corrected chi connectivity index (χ4v) is 10.7. The molecule has 1 aromatic heterocycles. The van der Waals surface area contributed by atoms with E-state index in [2.05, 4.69) is 234 Å². The molecule has 2 fully saturated rings. The van der Waals surface area contributed by atoms with Gasteiger partial charge in [0.1, 0.15) is 11.2 Å². The number of aromatic nitrogens is 2. The molecule has 1 saturated carbocycles. The van der Waals surface area contributed by atoms with Gasteiger partial charge in [-0.2, -0.15) is 5.10 Å². The zero-order valence-electron chi connectivity index (χ0n) is 74.4. The number of esters is 1. The summed E-state index contributed by atoms with van der Waals surface area (Å²) >= 11 is 0. The van der Waals surface area contributed by atoms with Crippen LogP contribution in [-0.2, 0) is 38.9 Å². The molecule has 11 nitrogen and oxygen atoms in total. The Hall–Kier alpha value is -2.99. The van der Waals surface area contributed by atoms with Crippen LogP contribution in [-0.4, -0.2) is 77.1 Å². The van der Waals surface area contributed by atoms with E-state index in [0.29, 0.717) is 74.4 Å². The van der Waals surface area contributed by atoms with Crippen molar-refractivity contribution in [1.82, 2.24) is 15.1 Å². The van der Waals surface area contributed by atoms with Gasteiger partial charge in [0.15, 0.2) is 0 Å². The Morgan fingerprint density at radius 2 is 0.921 bits per heavy atom. The van der Waals surface area contributed by atoms with E-state index in [4.69, 9.17) is 30.8 Å². The van der Waals surface area contributed by atoms with Crippen molar-refractivity contribution in [2.45, 2.75) is 419 Å². The van der Waals surface area contributed by atoms with Gasteiger partial charge in [-0.15, -0.1) is 0 Å². The second-order valence-corrected chi connectivity index (χ2v) is 42.3. The van der Waals surface area contributed by atoms with E-state index in [1.807, 2.05) is 59.5 Å². The SMILES string of the molecule is CC(C)(C)CC1CCCC1.CC(C)(C)CCC1CCCO1.CC(C)(C)CCCCC(=O)OC(C)(C)C.CC(C)(C)CCCCN.CC(C)(C)CCCCNC(=O)OC(C)(C)C.CC(C)(C)CCCCO.CC(C)(C)CCCN.CC(C)(C)Cc1ccccc1.Cn1cc(CCC(C)(C)C)cn1. The third-order valence-corrected chi connectivity index (χ3v) is 16.0. The van der Waals surface area contributed by atoms with Gasteiger partial charge in [0.2, 0.25) is 0 Å². The van der Waals surface area contributed by atoms with Gasteiger partial charge in [0.05, 0.1) is 12.3 Å². The lowest BCUT2D eigenvalue weighted by atomic mass is 9.84.